The molecule has 3 rings (SSSR count). The highest BCUT2D eigenvalue weighted by molar-refractivity contribution is 5.36. The minimum Gasteiger partial charge on any atom is -0.444 e. The minimum absolute atomic E-state index is 0.137. The second-order valence-corrected chi connectivity index (χ2v) is 6.10. The van der Waals surface area contributed by atoms with E-state index >= 15 is 0 Å². The van der Waals surface area contributed by atoms with Crippen molar-refractivity contribution in [3.8, 4) is 0 Å². The quantitative estimate of drug-likeness (QED) is 0.799. The molecular weight excluding hydrogens is 306 g/mol. The molecule has 7 nitrogen and oxygen atoms in total. The fourth-order valence-corrected chi connectivity index (χ4v) is 2.93. The van der Waals surface area contributed by atoms with Crippen molar-refractivity contribution in [2.75, 3.05) is 37.7 Å². The van der Waals surface area contributed by atoms with Crippen molar-refractivity contribution in [2.45, 2.75) is 33.4 Å². The van der Waals surface area contributed by atoms with Crippen molar-refractivity contribution >= 4 is 5.82 Å². The summed E-state index contributed by atoms with van der Waals surface area (Å²) in [6, 6.07) is 3.89. The third-order valence-corrected chi connectivity index (χ3v) is 4.34. The standard InChI is InChI=1S/C17H25N5O2/c1-4-22(16-6-5-7-18-20-16)11-15-10-21(8-9-23-15)12-17-19-13(2)14(3)24-17/h5-7,15H,4,8-12H2,1-3H3/t15-/m0/s1. The number of oxazole rings is 1. The molecule has 0 amide bonds. The molecule has 2 aromatic heterocycles. The molecule has 0 bridgehead atoms. The second-order valence-electron chi connectivity index (χ2n) is 6.10. The van der Waals surface area contributed by atoms with Crippen molar-refractivity contribution in [1.82, 2.24) is 20.1 Å². The van der Waals surface area contributed by atoms with Crippen LogP contribution < -0.4 is 4.90 Å². The molecule has 7 heteroatoms. The van der Waals surface area contributed by atoms with E-state index in [9.17, 15) is 0 Å². The van der Waals surface area contributed by atoms with E-state index in [0.717, 1.165) is 62.5 Å². The lowest BCUT2D eigenvalue weighted by atomic mass is 10.2. The first kappa shape index (κ1) is 16.9. The number of hydrogen-bond donors (Lipinski definition) is 0. The molecule has 0 spiro atoms. The third kappa shape index (κ3) is 4.10. The maximum absolute atomic E-state index is 5.95. The van der Waals surface area contributed by atoms with Gasteiger partial charge in [0.15, 0.2) is 5.82 Å². The predicted octanol–water partition coefficient (Wildman–Crippen LogP) is 1.81. The maximum Gasteiger partial charge on any atom is 0.208 e. The summed E-state index contributed by atoms with van der Waals surface area (Å²) in [5.74, 6) is 2.57. The number of likely N-dealkylation sites (N-methyl/N-ethyl adjacent to an activating group) is 1. The number of morpholine rings is 1. The average Bonchev–Trinajstić information content (AvgIpc) is 2.91. The van der Waals surface area contributed by atoms with Gasteiger partial charge < -0.3 is 14.1 Å². The van der Waals surface area contributed by atoms with Crippen molar-refractivity contribution in [3.05, 3.63) is 35.7 Å². The van der Waals surface area contributed by atoms with Gasteiger partial charge in [0.2, 0.25) is 5.89 Å². The van der Waals surface area contributed by atoms with Crippen molar-refractivity contribution < 1.29 is 9.15 Å². The molecule has 0 unspecified atom stereocenters. The molecule has 2 aromatic rings. The number of ether oxygens (including phenoxy) is 1. The molecule has 1 fully saturated rings. The molecule has 0 N–H and O–H groups in total. The Balaban J connectivity index is 1.58. The zero-order valence-electron chi connectivity index (χ0n) is 14.6. The Morgan fingerprint density at radius 3 is 2.92 bits per heavy atom. The fraction of sp³-hybridized carbons (Fsp3) is 0.588. The van der Waals surface area contributed by atoms with Crippen LogP contribution in [-0.4, -0.2) is 59.0 Å². The number of aromatic nitrogens is 3. The zero-order chi connectivity index (χ0) is 16.9. The Labute approximate surface area is 142 Å². The molecule has 1 atom stereocenters. The van der Waals surface area contributed by atoms with Gasteiger partial charge in [-0.05, 0) is 32.9 Å². The van der Waals surface area contributed by atoms with Crippen LogP contribution in [0.3, 0.4) is 0 Å². The summed E-state index contributed by atoms with van der Waals surface area (Å²) < 4.78 is 11.6. The lowest BCUT2D eigenvalue weighted by molar-refractivity contribution is -0.0292. The topological polar surface area (TPSA) is 67.5 Å². The lowest BCUT2D eigenvalue weighted by Gasteiger charge is -2.35. The summed E-state index contributed by atoms with van der Waals surface area (Å²) in [6.45, 7) is 10.9. The lowest BCUT2D eigenvalue weighted by Crippen LogP contribution is -2.47. The van der Waals surface area contributed by atoms with Crippen molar-refractivity contribution in [3.63, 3.8) is 0 Å². The van der Waals surface area contributed by atoms with E-state index in [-0.39, 0.29) is 6.10 Å². The van der Waals surface area contributed by atoms with Gasteiger partial charge in [0.1, 0.15) is 5.76 Å². The number of hydrogen-bond acceptors (Lipinski definition) is 7. The van der Waals surface area contributed by atoms with Crippen LogP contribution in [0.15, 0.2) is 22.7 Å². The monoisotopic (exact) mass is 331 g/mol. The molecule has 1 saturated heterocycles. The minimum atomic E-state index is 0.137. The Hall–Kier alpha value is -1.99. The summed E-state index contributed by atoms with van der Waals surface area (Å²) in [7, 11) is 0. The highest BCUT2D eigenvalue weighted by Crippen LogP contribution is 2.16. The number of aryl methyl sites for hydroxylation is 2. The molecule has 1 aliphatic rings. The van der Waals surface area contributed by atoms with Gasteiger partial charge in [-0.1, -0.05) is 0 Å². The first-order valence-electron chi connectivity index (χ1n) is 8.45. The van der Waals surface area contributed by atoms with Crippen LogP contribution in [0.25, 0.3) is 0 Å². The van der Waals surface area contributed by atoms with Gasteiger partial charge in [0, 0.05) is 32.4 Å². The molecule has 24 heavy (non-hydrogen) atoms. The van der Waals surface area contributed by atoms with Gasteiger partial charge in [-0.3, -0.25) is 4.90 Å². The highest BCUT2D eigenvalue weighted by Gasteiger charge is 2.24. The molecule has 130 valence electrons. The summed E-state index contributed by atoms with van der Waals surface area (Å²) in [5, 5.41) is 8.16. The SMILES string of the molecule is CCN(C[C@@H]1CN(Cc2nc(C)c(C)o2)CCO1)c1cccnn1. The van der Waals surface area contributed by atoms with Gasteiger partial charge in [-0.25, -0.2) is 4.98 Å². The molecule has 0 aliphatic carbocycles. The molecule has 0 radical (unpaired) electrons. The molecule has 1 aliphatic heterocycles. The van der Waals surface area contributed by atoms with E-state index in [1.54, 1.807) is 6.20 Å². The summed E-state index contributed by atoms with van der Waals surface area (Å²) in [6.07, 6.45) is 1.83. The summed E-state index contributed by atoms with van der Waals surface area (Å²) in [5.41, 5.74) is 0.967. The normalized spacial score (nSPS) is 18.7. The average molecular weight is 331 g/mol. The van der Waals surface area contributed by atoms with Crippen LogP contribution in [0.4, 0.5) is 5.82 Å². The number of anilines is 1. The van der Waals surface area contributed by atoms with E-state index in [4.69, 9.17) is 9.15 Å². The van der Waals surface area contributed by atoms with Crippen LogP contribution in [0.5, 0.6) is 0 Å². The molecule has 0 aromatic carbocycles. The Morgan fingerprint density at radius 2 is 2.25 bits per heavy atom. The zero-order valence-corrected chi connectivity index (χ0v) is 14.6. The van der Waals surface area contributed by atoms with Gasteiger partial charge >= 0.3 is 0 Å². The summed E-state index contributed by atoms with van der Waals surface area (Å²) >= 11 is 0. The smallest absolute Gasteiger partial charge is 0.208 e. The van der Waals surface area contributed by atoms with Crippen molar-refractivity contribution in [1.29, 1.82) is 0 Å². The van der Waals surface area contributed by atoms with Crippen LogP contribution >= 0.6 is 0 Å². The first-order chi connectivity index (χ1) is 11.7. The van der Waals surface area contributed by atoms with Crippen LogP contribution in [0, 0.1) is 13.8 Å². The van der Waals surface area contributed by atoms with E-state index in [1.165, 1.54) is 0 Å². The second kappa shape index (κ2) is 7.72. The Bertz CT molecular complexity index is 626. The summed E-state index contributed by atoms with van der Waals surface area (Å²) in [4.78, 5) is 9.01. The van der Waals surface area contributed by atoms with Gasteiger partial charge in [-0.2, -0.15) is 5.10 Å². The van der Waals surface area contributed by atoms with Crippen LogP contribution in [0.2, 0.25) is 0 Å². The Morgan fingerprint density at radius 1 is 1.38 bits per heavy atom. The number of nitrogens with zero attached hydrogens (tertiary/aromatic N) is 5. The molecule has 3 heterocycles. The van der Waals surface area contributed by atoms with Gasteiger partial charge in [-0.15, -0.1) is 5.10 Å². The largest absolute Gasteiger partial charge is 0.444 e. The van der Waals surface area contributed by atoms with Gasteiger partial charge in [0.05, 0.1) is 24.9 Å². The molecular formula is C17H25N5O2. The van der Waals surface area contributed by atoms with Gasteiger partial charge in [0.25, 0.3) is 0 Å². The maximum atomic E-state index is 5.95. The molecule has 0 saturated carbocycles. The first-order valence-corrected chi connectivity index (χ1v) is 8.45. The Kier molecular flexibility index (Phi) is 5.42. The van der Waals surface area contributed by atoms with Crippen molar-refractivity contribution in [2.24, 2.45) is 0 Å². The number of rotatable bonds is 6. The van der Waals surface area contributed by atoms with E-state index < -0.39 is 0 Å². The fourth-order valence-electron chi connectivity index (χ4n) is 2.93. The predicted molar refractivity (Wildman–Crippen MR) is 90.9 cm³/mol. The third-order valence-electron chi connectivity index (χ3n) is 4.34. The van der Waals surface area contributed by atoms with E-state index in [1.807, 2.05) is 26.0 Å². The van der Waals surface area contributed by atoms with Crippen LogP contribution in [0.1, 0.15) is 24.3 Å². The van der Waals surface area contributed by atoms with E-state index in [2.05, 4.69) is 31.9 Å². The van der Waals surface area contributed by atoms with E-state index in [0.29, 0.717) is 0 Å². The van der Waals surface area contributed by atoms with Crippen LogP contribution in [-0.2, 0) is 11.3 Å². The highest BCUT2D eigenvalue weighted by atomic mass is 16.5.